The number of nitrogens with two attached hydrogens (primary N) is 1. The normalized spacial score (nSPS) is 12.3. The molecule has 7 nitrogen and oxygen atoms in total. The first kappa shape index (κ1) is 24.7. The van der Waals surface area contributed by atoms with Crippen LogP contribution in [0.15, 0.2) is 35.5 Å². The van der Waals surface area contributed by atoms with Crippen LogP contribution >= 0.6 is 33.4 Å². The lowest BCUT2D eigenvalue weighted by Crippen LogP contribution is -2.28. The maximum atomic E-state index is 15.3. The van der Waals surface area contributed by atoms with E-state index in [1.807, 2.05) is 0 Å². The molecule has 3 rings (SSSR count). The molecule has 0 saturated heterocycles. The number of carbonyl (C=O) groups is 1. The van der Waals surface area contributed by atoms with E-state index < -0.39 is 56.1 Å². The Bertz CT molecular complexity index is 1280. The Morgan fingerprint density at radius 2 is 1.91 bits per heavy atom. The summed E-state index contributed by atoms with van der Waals surface area (Å²) in [6, 6.07) is 3.71. The lowest BCUT2D eigenvalue weighted by molar-refractivity contribution is -0.114. The first-order chi connectivity index (χ1) is 15.6. The Labute approximate surface area is 199 Å². The Balaban J connectivity index is 2.04. The number of hydrogen-bond acceptors (Lipinski definition) is 7. The smallest absolute Gasteiger partial charge is 0.269 e. The third-order valence-corrected chi connectivity index (χ3v) is 7.10. The first-order valence-electron chi connectivity index (χ1n) is 9.17. The molecule has 0 spiro atoms. The molecule has 1 atom stereocenters. The molecule has 1 amide bonds. The molecule has 2 aromatic heterocycles. The molecular weight excluding hydrogens is 497 g/mol. The van der Waals surface area contributed by atoms with Crippen molar-refractivity contribution >= 4 is 56.4 Å². The topological polar surface area (TPSA) is 117 Å². The van der Waals surface area contributed by atoms with E-state index in [4.69, 9.17) is 22.7 Å². The Morgan fingerprint density at radius 1 is 1.21 bits per heavy atom. The van der Waals surface area contributed by atoms with E-state index in [9.17, 15) is 13.6 Å². The fourth-order valence-corrected chi connectivity index (χ4v) is 5.18. The minimum atomic E-state index is -1.51. The van der Waals surface area contributed by atoms with E-state index in [1.54, 1.807) is 13.0 Å². The predicted octanol–water partition coefficient (Wildman–Crippen LogP) is 4.45. The summed E-state index contributed by atoms with van der Waals surface area (Å²) < 4.78 is 47.7. The highest BCUT2D eigenvalue weighted by Crippen LogP contribution is 2.44. The van der Waals surface area contributed by atoms with Crippen molar-refractivity contribution in [3.05, 3.63) is 64.3 Å². The molecule has 1 aromatic carbocycles. The van der Waals surface area contributed by atoms with E-state index in [0.29, 0.717) is 15.6 Å². The van der Waals surface area contributed by atoms with Gasteiger partial charge in [-0.3, -0.25) is 20.2 Å². The zero-order valence-corrected chi connectivity index (χ0v) is 19.7. The number of likely N-dealkylation sites (N-methyl/N-ethyl adjacent to an activating group) is 1. The van der Waals surface area contributed by atoms with Crippen molar-refractivity contribution in [3.63, 3.8) is 0 Å². The third kappa shape index (κ3) is 4.87. The Hall–Kier alpha value is -2.96. The van der Waals surface area contributed by atoms with Gasteiger partial charge in [-0.25, -0.2) is 13.2 Å². The summed E-state index contributed by atoms with van der Waals surface area (Å²) >= 11 is 10.4. The van der Waals surface area contributed by atoms with Gasteiger partial charge in [-0.2, -0.15) is 0 Å². The molecule has 0 saturated carbocycles. The number of thiol groups is 2. The van der Waals surface area contributed by atoms with Crippen LogP contribution in [0.1, 0.15) is 11.3 Å². The van der Waals surface area contributed by atoms with Gasteiger partial charge in [0.15, 0.2) is 11.6 Å². The molecule has 2 heterocycles. The number of amides is 1. The summed E-state index contributed by atoms with van der Waals surface area (Å²) in [6.07, 6.45) is 2.37. The van der Waals surface area contributed by atoms with E-state index in [-0.39, 0.29) is 11.3 Å². The summed E-state index contributed by atoms with van der Waals surface area (Å²) in [7, 11) is -0.226. The number of aromatic nitrogens is 2. The molecule has 0 aliphatic heterocycles. The molecule has 0 bridgehead atoms. The predicted molar refractivity (Wildman–Crippen MR) is 129 cm³/mol. The fourth-order valence-electron chi connectivity index (χ4n) is 2.86. The highest BCUT2D eigenvalue weighted by Gasteiger charge is 2.25. The number of nitrogen functional groups attached to an aromatic ring is 1. The van der Waals surface area contributed by atoms with Crippen molar-refractivity contribution in [2.45, 2.75) is 11.8 Å². The van der Waals surface area contributed by atoms with Crippen molar-refractivity contribution in [3.8, 4) is 11.3 Å². The van der Waals surface area contributed by atoms with Gasteiger partial charge < -0.3 is 15.8 Å². The fraction of sp³-hybridized carbons (Fsp3) is 0.100. The van der Waals surface area contributed by atoms with E-state index in [2.05, 4.69) is 31.7 Å². The minimum absolute atomic E-state index is 0.158. The third-order valence-electron chi connectivity index (χ3n) is 4.59. The van der Waals surface area contributed by atoms with Gasteiger partial charge in [0.05, 0.1) is 27.7 Å². The van der Waals surface area contributed by atoms with E-state index in [1.165, 1.54) is 13.2 Å². The van der Waals surface area contributed by atoms with Gasteiger partial charge in [0, 0.05) is 29.9 Å². The number of halogens is 4. The monoisotopic (exact) mass is 514 g/mol. The number of hydrogen-bond donors (Lipinski definition) is 6. The molecule has 3 aromatic rings. The number of nitrogens with zero attached hydrogens (tertiary/aromatic N) is 2. The van der Waals surface area contributed by atoms with Crippen LogP contribution in [0.4, 0.5) is 24.5 Å². The molecule has 174 valence electrons. The van der Waals surface area contributed by atoms with Crippen molar-refractivity contribution in [2.75, 3.05) is 17.5 Å². The van der Waals surface area contributed by atoms with Gasteiger partial charge in [-0.15, -0.1) is 21.8 Å². The molecular formula is C20H18ClF3N6OS2. The molecule has 33 heavy (non-hydrogen) atoms. The molecule has 0 fully saturated rings. The second-order valence-corrected chi connectivity index (χ2v) is 9.63. The average Bonchev–Trinajstić information content (AvgIpc) is 2.79. The van der Waals surface area contributed by atoms with Crippen LogP contribution in [0.2, 0.25) is 5.02 Å². The number of aryl methyl sites for hydroxylation is 1. The molecule has 0 radical (unpaired) electrons. The molecule has 5 N–H and O–H groups in total. The summed E-state index contributed by atoms with van der Waals surface area (Å²) in [5.41, 5.74) is 3.11. The quantitative estimate of drug-likeness (QED) is 0.165. The minimum Gasteiger partial charge on any atom is -0.396 e. The van der Waals surface area contributed by atoms with Crippen LogP contribution < -0.4 is 15.8 Å². The van der Waals surface area contributed by atoms with Gasteiger partial charge >= 0.3 is 0 Å². The molecule has 13 heteroatoms. The molecule has 0 aliphatic carbocycles. The summed E-state index contributed by atoms with van der Waals surface area (Å²) in [5, 5.41) is 10.3. The van der Waals surface area contributed by atoms with Crippen LogP contribution in [0.3, 0.4) is 0 Å². The zero-order chi connectivity index (χ0) is 24.4. The zero-order valence-electron chi connectivity index (χ0n) is 17.2. The van der Waals surface area contributed by atoms with Gasteiger partial charge in [0.25, 0.3) is 5.91 Å². The van der Waals surface area contributed by atoms with Crippen molar-refractivity contribution in [1.82, 2.24) is 15.3 Å². The second kappa shape index (κ2) is 9.89. The molecule has 0 aliphatic rings. The summed E-state index contributed by atoms with van der Waals surface area (Å²) in [5.74, 6) is -4.29. The van der Waals surface area contributed by atoms with Gasteiger partial charge in [0.2, 0.25) is 0 Å². The maximum Gasteiger partial charge on any atom is 0.269 e. The number of carbonyl (C=O) groups excluding carboxylic acids is 1. The van der Waals surface area contributed by atoms with Gasteiger partial charge in [0.1, 0.15) is 17.2 Å². The summed E-state index contributed by atoms with van der Waals surface area (Å²) in [6.45, 7) is 1.73. The van der Waals surface area contributed by atoms with E-state index in [0.717, 1.165) is 18.3 Å². The Morgan fingerprint density at radius 3 is 2.58 bits per heavy atom. The Kier molecular flexibility index (Phi) is 7.40. The van der Waals surface area contributed by atoms with Gasteiger partial charge in [-0.1, -0.05) is 11.6 Å². The maximum absolute atomic E-state index is 15.3. The number of benzene rings is 1. The number of rotatable bonds is 6. The van der Waals surface area contributed by atoms with Crippen molar-refractivity contribution in [1.29, 1.82) is 5.41 Å². The number of anilines is 2. The lowest BCUT2D eigenvalue weighted by atomic mass is 10.0. The molecule has 1 unspecified atom stereocenters. The van der Waals surface area contributed by atoms with Crippen LogP contribution in [-0.2, 0) is 4.79 Å². The van der Waals surface area contributed by atoms with E-state index >= 15 is 4.39 Å². The van der Waals surface area contributed by atoms with Gasteiger partial charge in [-0.05, 0) is 25.1 Å². The van der Waals surface area contributed by atoms with Crippen molar-refractivity contribution in [2.24, 2.45) is 0 Å². The highest BCUT2D eigenvalue weighted by atomic mass is 35.5. The average molecular weight is 515 g/mol. The van der Waals surface area contributed by atoms with Crippen LogP contribution in [-0.4, -0.2) is 28.6 Å². The SMILES string of the molecule is CNC(=O)C(=N)c1cnc(-c2c(F)ccc(N[SH](S)c3cc(Cl)cnc3C)c2F)c(F)c1N. The largest absolute Gasteiger partial charge is 0.396 e. The first-order valence-corrected chi connectivity index (χ1v) is 12.0. The van der Waals surface area contributed by atoms with Crippen LogP contribution in [0, 0.1) is 29.8 Å². The highest BCUT2D eigenvalue weighted by molar-refractivity contribution is 8.78. The lowest BCUT2D eigenvalue weighted by Gasteiger charge is -2.21. The van der Waals surface area contributed by atoms with Crippen molar-refractivity contribution < 1.29 is 18.0 Å². The summed E-state index contributed by atoms with van der Waals surface area (Å²) in [4.78, 5) is 20.2. The number of pyridine rings is 2. The second-order valence-electron chi connectivity index (χ2n) is 6.67. The standard InChI is InChI=1S/C20H18ClF3N6OS2/c1-8-13(5-9(21)6-28-8)33(32)30-12-4-3-11(22)14(15(12)23)19-16(24)17(25)10(7-29-19)18(26)20(31)27-2/h3-7,26,30,32-33H,1-2H3,(H2,25,29)(H,27,31). The van der Waals surface area contributed by atoms with Crippen LogP contribution in [0.5, 0.6) is 0 Å². The number of nitrogens with one attached hydrogen (secondary N) is 3. The van der Waals surface area contributed by atoms with Crippen LogP contribution in [0.25, 0.3) is 11.3 Å².